The van der Waals surface area contributed by atoms with Gasteiger partial charge in [0.1, 0.15) is 0 Å². The molecule has 2 N–H and O–H groups in total. The van der Waals surface area contributed by atoms with Crippen LogP contribution in [-0.4, -0.2) is 37.0 Å². The number of carbonyl (C=O) groups is 2. The lowest BCUT2D eigenvalue weighted by molar-refractivity contribution is -0.140. The van der Waals surface area contributed by atoms with Crippen molar-refractivity contribution in [1.29, 1.82) is 0 Å². The summed E-state index contributed by atoms with van der Waals surface area (Å²) >= 11 is 3.34. The topological polar surface area (TPSA) is 72.6 Å². The minimum absolute atomic E-state index is 0.147. The number of carbonyl (C=O) groups excluding carboxylic acids is 2. The van der Waals surface area contributed by atoms with Gasteiger partial charge in [0.25, 0.3) is 5.91 Å². The van der Waals surface area contributed by atoms with E-state index in [2.05, 4.69) is 20.7 Å². The van der Waals surface area contributed by atoms with Gasteiger partial charge in [-0.1, -0.05) is 19.9 Å². The number of nitrogens with two attached hydrogens (primary N) is 1. The Kier molecular flexibility index (Phi) is 6.68. The minimum Gasteiger partial charge on any atom is -0.469 e. The number of esters is 1. The van der Waals surface area contributed by atoms with Crippen LogP contribution in [0.15, 0.2) is 22.7 Å². The molecular formula is C15H21BrN2O3. The highest BCUT2D eigenvalue weighted by molar-refractivity contribution is 9.10. The number of hydrogen-bond acceptors (Lipinski definition) is 4. The molecule has 0 saturated heterocycles. The molecular weight excluding hydrogens is 336 g/mol. The number of methoxy groups -OCH3 is 1. The first-order valence-electron chi connectivity index (χ1n) is 6.76. The predicted octanol–water partition coefficient (Wildman–Crippen LogP) is 2.69. The van der Waals surface area contributed by atoms with Gasteiger partial charge in [-0.25, -0.2) is 0 Å². The fraction of sp³-hybridized carbons (Fsp3) is 0.467. The zero-order valence-corrected chi connectivity index (χ0v) is 14.1. The maximum absolute atomic E-state index is 12.6. The molecule has 0 aliphatic rings. The number of nitrogen functional groups attached to an aromatic ring is 1. The summed E-state index contributed by atoms with van der Waals surface area (Å²) in [4.78, 5) is 25.6. The lowest BCUT2D eigenvalue weighted by atomic mass is 10.1. The lowest BCUT2D eigenvalue weighted by Gasteiger charge is -2.25. The third-order valence-electron chi connectivity index (χ3n) is 2.95. The molecule has 0 atom stereocenters. The summed E-state index contributed by atoms with van der Waals surface area (Å²) in [5.74, 6) is -0.179. The molecule has 0 aliphatic heterocycles. The molecule has 1 aromatic rings. The first-order chi connectivity index (χ1) is 9.86. The Morgan fingerprint density at radius 3 is 2.62 bits per heavy atom. The first kappa shape index (κ1) is 17.5. The molecule has 21 heavy (non-hydrogen) atoms. The van der Waals surface area contributed by atoms with Crippen LogP contribution in [0, 0.1) is 5.92 Å². The number of amides is 1. The lowest BCUT2D eigenvalue weighted by Crippen LogP contribution is -2.36. The maximum Gasteiger partial charge on any atom is 0.307 e. The predicted molar refractivity (Wildman–Crippen MR) is 85.9 cm³/mol. The van der Waals surface area contributed by atoms with Gasteiger partial charge in [0.15, 0.2) is 0 Å². The number of halogens is 1. The van der Waals surface area contributed by atoms with E-state index >= 15 is 0 Å². The van der Waals surface area contributed by atoms with Gasteiger partial charge in [0.05, 0.1) is 23.6 Å². The van der Waals surface area contributed by atoms with Gasteiger partial charge in [-0.3, -0.25) is 9.59 Å². The highest BCUT2D eigenvalue weighted by atomic mass is 79.9. The smallest absolute Gasteiger partial charge is 0.307 e. The number of rotatable bonds is 6. The second-order valence-electron chi connectivity index (χ2n) is 5.18. The monoisotopic (exact) mass is 356 g/mol. The van der Waals surface area contributed by atoms with Gasteiger partial charge < -0.3 is 15.4 Å². The van der Waals surface area contributed by atoms with E-state index in [-0.39, 0.29) is 18.3 Å². The van der Waals surface area contributed by atoms with E-state index in [1.165, 1.54) is 7.11 Å². The number of ether oxygens (including phenoxy) is 1. The largest absolute Gasteiger partial charge is 0.469 e. The molecule has 0 fully saturated rings. The standard InChI is InChI=1S/C15H21BrN2O3/c1-10(2)9-18(8-7-13(19)21-3)15(20)11-5-4-6-12(17)14(11)16/h4-6,10H,7-9,17H2,1-3H3. The Hall–Kier alpha value is -1.56. The summed E-state index contributed by atoms with van der Waals surface area (Å²) in [6.07, 6.45) is 0.175. The van der Waals surface area contributed by atoms with Crippen LogP contribution in [0.5, 0.6) is 0 Å². The zero-order chi connectivity index (χ0) is 16.0. The highest BCUT2D eigenvalue weighted by Crippen LogP contribution is 2.25. The highest BCUT2D eigenvalue weighted by Gasteiger charge is 2.20. The molecule has 0 unspecified atom stereocenters. The van der Waals surface area contributed by atoms with Crippen molar-refractivity contribution < 1.29 is 14.3 Å². The van der Waals surface area contributed by atoms with E-state index in [1.54, 1.807) is 23.1 Å². The molecule has 0 aromatic heterocycles. The van der Waals surface area contributed by atoms with E-state index in [4.69, 9.17) is 5.73 Å². The van der Waals surface area contributed by atoms with Crippen LogP contribution < -0.4 is 5.73 Å². The molecule has 0 aliphatic carbocycles. The van der Waals surface area contributed by atoms with Gasteiger partial charge in [0, 0.05) is 18.8 Å². The third-order valence-corrected chi connectivity index (χ3v) is 3.83. The van der Waals surface area contributed by atoms with Gasteiger partial charge in [0.2, 0.25) is 0 Å². The summed E-state index contributed by atoms with van der Waals surface area (Å²) in [6.45, 7) is 4.93. The van der Waals surface area contributed by atoms with Crippen LogP contribution >= 0.6 is 15.9 Å². The normalized spacial score (nSPS) is 10.5. The van der Waals surface area contributed by atoms with Crippen molar-refractivity contribution in [3.05, 3.63) is 28.2 Å². The van der Waals surface area contributed by atoms with E-state index < -0.39 is 0 Å². The first-order valence-corrected chi connectivity index (χ1v) is 7.56. The van der Waals surface area contributed by atoms with Gasteiger partial charge in [-0.15, -0.1) is 0 Å². The van der Waals surface area contributed by atoms with Crippen LogP contribution in [0.25, 0.3) is 0 Å². The number of anilines is 1. The van der Waals surface area contributed by atoms with Crippen LogP contribution in [-0.2, 0) is 9.53 Å². The summed E-state index contributed by atoms with van der Waals surface area (Å²) < 4.78 is 5.21. The van der Waals surface area contributed by atoms with E-state index in [1.807, 2.05) is 13.8 Å². The molecule has 6 heteroatoms. The van der Waals surface area contributed by atoms with E-state index in [9.17, 15) is 9.59 Å². The van der Waals surface area contributed by atoms with Gasteiger partial charge in [-0.05, 0) is 34.0 Å². The molecule has 0 spiro atoms. The Labute approximate surface area is 133 Å². The fourth-order valence-electron chi connectivity index (χ4n) is 1.93. The molecule has 0 bridgehead atoms. The van der Waals surface area contributed by atoms with Crippen LogP contribution in [0.2, 0.25) is 0 Å². The second-order valence-corrected chi connectivity index (χ2v) is 5.97. The van der Waals surface area contributed by atoms with Crippen molar-refractivity contribution >= 4 is 33.5 Å². The zero-order valence-electron chi connectivity index (χ0n) is 12.6. The summed E-state index contributed by atoms with van der Waals surface area (Å²) in [6, 6.07) is 5.18. The summed E-state index contributed by atoms with van der Waals surface area (Å²) in [5.41, 5.74) is 6.82. The summed E-state index contributed by atoms with van der Waals surface area (Å²) in [5, 5.41) is 0. The van der Waals surface area contributed by atoms with Crippen molar-refractivity contribution in [2.75, 3.05) is 25.9 Å². The Bertz CT molecular complexity index is 518. The van der Waals surface area contributed by atoms with E-state index in [0.29, 0.717) is 34.7 Å². The van der Waals surface area contributed by atoms with Crippen molar-refractivity contribution in [2.45, 2.75) is 20.3 Å². The van der Waals surface area contributed by atoms with E-state index in [0.717, 1.165) is 0 Å². The number of nitrogens with zero attached hydrogens (tertiary/aromatic N) is 1. The SMILES string of the molecule is COC(=O)CCN(CC(C)C)C(=O)c1cccc(N)c1Br. The third kappa shape index (κ3) is 5.04. The molecule has 1 rings (SSSR count). The Balaban J connectivity index is 2.93. The Morgan fingerprint density at radius 2 is 2.05 bits per heavy atom. The van der Waals surface area contributed by atoms with Crippen molar-refractivity contribution in [3.63, 3.8) is 0 Å². The molecule has 1 aromatic carbocycles. The van der Waals surface area contributed by atoms with Crippen LogP contribution in [0.4, 0.5) is 5.69 Å². The molecule has 0 radical (unpaired) electrons. The van der Waals surface area contributed by atoms with Crippen LogP contribution in [0.1, 0.15) is 30.6 Å². The van der Waals surface area contributed by atoms with Crippen molar-refractivity contribution in [1.82, 2.24) is 4.90 Å². The van der Waals surface area contributed by atoms with Crippen LogP contribution in [0.3, 0.4) is 0 Å². The average molecular weight is 357 g/mol. The van der Waals surface area contributed by atoms with Crippen molar-refractivity contribution in [3.8, 4) is 0 Å². The molecule has 0 heterocycles. The Morgan fingerprint density at radius 1 is 1.38 bits per heavy atom. The molecule has 0 saturated carbocycles. The molecule has 116 valence electrons. The maximum atomic E-state index is 12.6. The molecule has 5 nitrogen and oxygen atoms in total. The quantitative estimate of drug-likeness (QED) is 0.628. The second kappa shape index (κ2) is 8.02. The van der Waals surface area contributed by atoms with Crippen molar-refractivity contribution in [2.24, 2.45) is 5.92 Å². The number of benzene rings is 1. The average Bonchev–Trinajstić information content (AvgIpc) is 2.44. The summed E-state index contributed by atoms with van der Waals surface area (Å²) in [7, 11) is 1.34. The van der Waals surface area contributed by atoms with Gasteiger partial charge >= 0.3 is 5.97 Å². The number of hydrogen-bond donors (Lipinski definition) is 1. The molecule has 1 amide bonds. The fourth-order valence-corrected chi connectivity index (χ4v) is 2.36. The van der Waals surface area contributed by atoms with Gasteiger partial charge in [-0.2, -0.15) is 0 Å². The minimum atomic E-state index is -0.330.